The van der Waals surface area contributed by atoms with E-state index in [9.17, 15) is 4.79 Å². The van der Waals surface area contributed by atoms with Crippen LogP contribution >= 0.6 is 11.3 Å². The van der Waals surface area contributed by atoms with Crippen LogP contribution in [0.25, 0.3) is 0 Å². The first-order valence-electron chi connectivity index (χ1n) is 8.44. The number of hydrogen-bond donors (Lipinski definition) is 0. The average Bonchev–Trinajstić information content (AvgIpc) is 3.18. The van der Waals surface area contributed by atoms with Crippen molar-refractivity contribution in [1.29, 1.82) is 0 Å². The van der Waals surface area contributed by atoms with Gasteiger partial charge in [-0.3, -0.25) is 9.48 Å². The molecule has 5 nitrogen and oxygen atoms in total. The maximum absolute atomic E-state index is 12.4. The Bertz CT molecular complexity index is 716. The lowest BCUT2D eigenvalue weighted by molar-refractivity contribution is -0.132. The summed E-state index contributed by atoms with van der Waals surface area (Å²) < 4.78 is 2.09. The highest BCUT2D eigenvalue weighted by molar-refractivity contribution is 7.09. The number of thiazole rings is 1. The fraction of sp³-hybridized carbons (Fsp3) is 0.588. The number of aryl methyl sites for hydroxylation is 2. The van der Waals surface area contributed by atoms with Crippen LogP contribution in [0.1, 0.15) is 53.7 Å². The average molecular weight is 330 g/mol. The molecule has 122 valence electrons. The van der Waals surface area contributed by atoms with Gasteiger partial charge in [0, 0.05) is 24.3 Å². The largest absolute Gasteiger partial charge is 0.335 e. The van der Waals surface area contributed by atoms with E-state index in [0.717, 1.165) is 36.6 Å². The van der Waals surface area contributed by atoms with Crippen molar-refractivity contribution in [2.24, 2.45) is 0 Å². The third-order valence-electron chi connectivity index (χ3n) is 4.66. The van der Waals surface area contributed by atoms with Crippen LogP contribution in [0.4, 0.5) is 0 Å². The van der Waals surface area contributed by atoms with Gasteiger partial charge >= 0.3 is 0 Å². The van der Waals surface area contributed by atoms with Gasteiger partial charge in [0.05, 0.1) is 35.2 Å². The number of fused-ring (bicyclic) bond motifs is 1. The Labute approximate surface area is 140 Å². The zero-order valence-electron chi connectivity index (χ0n) is 13.5. The van der Waals surface area contributed by atoms with Crippen LogP contribution in [0.5, 0.6) is 0 Å². The maximum atomic E-state index is 12.4. The van der Waals surface area contributed by atoms with Crippen LogP contribution in [0.15, 0.2) is 11.4 Å². The van der Waals surface area contributed by atoms with E-state index in [0.29, 0.717) is 18.9 Å². The van der Waals surface area contributed by atoms with E-state index in [1.165, 1.54) is 24.2 Å². The summed E-state index contributed by atoms with van der Waals surface area (Å²) >= 11 is 1.68. The van der Waals surface area contributed by atoms with E-state index in [2.05, 4.69) is 26.2 Å². The highest BCUT2D eigenvalue weighted by Crippen LogP contribution is 2.39. The molecule has 4 rings (SSSR count). The van der Waals surface area contributed by atoms with Crippen LogP contribution in [0, 0.1) is 6.92 Å². The monoisotopic (exact) mass is 330 g/mol. The summed E-state index contributed by atoms with van der Waals surface area (Å²) in [7, 11) is 0. The Morgan fingerprint density at radius 2 is 2.26 bits per heavy atom. The number of hydrogen-bond acceptors (Lipinski definition) is 4. The molecule has 0 bridgehead atoms. The lowest BCUT2D eigenvalue weighted by Gasteiger charge is -2.27. The van der Waals surface area contributed by atoms with Crippen LogP contribution in [-0.2, 0) is 24.3 Å². The van der Waals surface area contributed by atoms with Gasteiger partial charge in [-0.1, -0.05) is 0 Å². The Morgan fingerprint density at radius 1 is 1.39 bits per heavy atom. The normalized spacial score (nSPS) is 17.3. The third kappa shape index (κ3) is 3.32. The van der Waals surface area contributed by atoms with Gasteiger partial charge in [0.25, 0.3) is 0 Å². The first-order valence-corrected chi connectivity index (χ1v) is 9.32. The number of carbonyl (C=O) groups is 1. The summed E-state index contributed by atoms with van der Waals surface area (Å²) in [6.45, 7) is 4.35. The first-order chi connectivity index (χ1) is 11.2. The molecule has 1 amide bonds. The summed E-state index contributed by atoms with van der Waals surface area (Å²) in [5.41, 5.74) is 3.54. The molecular formula is C17H22N4OS. The maximum Gasteiger partial charge on any atom is 0.222 e. The fourth-order valence-electron chi connectivity index (χ4n) is 3.18. The number of carbonyl (C=O) groups excluding carboxylic acids is 1. The predicted octanol–water partition coefficient (Wildman–Crippen LogP) is 2.89. The molecule has 2 aromatic heterocycles. The summed E-state index contributed by atoms with van der Waals surface area (Å²) in [6, 6.07) is 2.20. The van der Waals surface area contributed by atoms with Crippen LogP contribution in [0.3, 0.4) is 0 Å². The molecule has 0 aromatic carbocycles. The topological polar surface area (TPSA) is 51.0 Å². The minimum atomic E-state index is 0.261. The second kappa shape index (κ2) is 6.07. The molecule has 2 aliphatic rings. The van der Waals surface area contributed by atoms with Crippen molar-refractivity contribution < 1.29 is 4.79 Å². The number of rotatable bonds is 5. The molecule has 1 aliphatic carbocycles. The molecular weight excluding hydrogens is 308 g/mol. The first kappa shape index (κ1) is 14.9. The van der Waals surface area contributed by atoms with E-state index in [1.807, 2.05) is 11.8 Å². The summed E-state index contributed by atoms with van der Waals surface area (Å²) in [5.74, 6) is 0.941. The van der Waals surface area contributed by atoms with Crippen LogP contribution in [0.2, 0.25) is 0 Å². The second-order valence-corrected chi connectivity index (χ2v) is 7.65. The molecule has 0 unspecified atom stereocenters. The highest BCUT2D eigenvalue weighted by atomic mass is 32.1. The van der Waals surface area contributed by atoms with E-state index < -0.39 is 0 Å². The van der Waals surface area contributed by atoms with Gasteiger partial charge in [0.15, 0.2) is 0 Å². The quantitative estimate of drug-likeness (QED) is 0.847. The minimum absolute atomic E-state index is 0.261. The van der Waals surface area contributed by atoms with Gasteiger partial charge in [0.2, 0.25) is 5.91 Å². The lowest BCUT2D eigenvalue weighted by atomic mass is 10.1. The molecule has 0 radical (unpaired) electrons. The zero-order chi connectivity index (χ0) is 15.8. The lowest BCUT2D eigenvalue weighted by Crippen LogP contribution is -2.38. The Kier molecular flexibility index (Phi) is 3.93. The van der Waals surface area contributed by atoms with Gasteiger partial charge in [-0.25, -0.2) is 4.98 Å². The third-order valence-corrected chi connectivity index (χ3v) is 5.48. The summed E-state index contributed by atoms with van der Waals surface area (Å²) in [6.07, 6.45) is 4.93. The molecule has 6 heteroatoms. The molecule has 0 saturated heterocycles. The van der Waals surface area contributed by atoms with Crippen molar-refractivity contribution in [2.45, 2.75) is 58.0 Å². The summed E-state index contributed by atoms with van der Waals surface area (Å²) in [4.78, 5) is 18.9. The second-order valence-electron chi connectivity index (χ2n) is 6.58. The Morgan fingerprint density at radius 3 is 3.00 bits per heavy atom. The van der Waals surface area contributed by atoms with Crippen molar-refractivity contribution in [3.63, 3.8) is 0 Å². The smallest absolute Gasteiger partial charge is 0.222 e. The number of aromatic nitrogens is 3. The molecule has 1 saturated carbocycles. The Hall–Kier alpha value is -1.69. The van der Waals surface area contributed by atoms with Crippen molar-refractivity contribution >= 4 is 17.2 Å². The van der Waals surface area contributed by atoms with E-state index in [1.54, 1.807) is 11.3 Å². The standard InChI is InChI=1S/C17H22N4OS/c1-12-18-14(11-23-12)3-2-4-17(22)20-7-8-21-15(10-20)9-16(19-21)13-5-6-13/h9,11,13H,2-8,10H2,1H3. The molecule has 0 atom stereocenters. The van der Waals surface area contributed by atoms with Gasteiger partial charge in [-0.05, 0) is 38.7 Å². The van der Waals surface area contributed by atoms with Crippen molar-refractivity contribution in [3.05, 3.63) is 33.5 Å². The van der Waals surface area contributed by atoms with Crippen LogP contribution in [-0.4, -0.2) is 32.1 Å². The fourth-order valence-corrected chi connectivity index (χ4v) is 3.83. The van der Waals surface area contributed by atoms with E-state index in [-0.39, 0.29) is 5.91 Å². The highest BCUT2D eigenvalue weighted by Gasteiger charge is 2.29. The van der Waals surface area contributed by atoms with Gasteiger partial charge in [-0.2, -0.15) is 5.10 Å². The van der Waals surface area contributed by atoms with E-state index >= 15 is 0 Å². The van der Waals surface area contributed by atoms with Crippen molar-refractivity contribution in [2.75, 3.05) is 6.54 Å². The molecule has 0 N–H and O–H groups in total. The number of amides is 1. The number of nitrogens with zero attached hydrogens (tertiary/aromatic N) is 4. The SMILES string of the molecule is Cc1nc(CCCC(=O)N2CCn3nc(C4CC4)cc3C2)cs1. The molecule has 23 heavy (non-hydrogen) atoms. The molecule has 3 heterocycles. The summed E-state index contributed by atoms with van der Waals surface area (Å²) in [5, 5.41) is 7.88. The van der Waals surface area contributed by atoms with Crippen molar-refractivity contribution in [1.82, 2.24) is 19.7 Å². The minimum Gasteiger partial charge on any atom is -0.335 e. The zero-order valence-corrected chi connectivity index (χ0v) is 14.3. The van der Waals surface area contributed by atoms with E-state index in [4.69, 9.17) is 0 Å². The molecule has 0 spiro atoms. The molecule has 2 aromatic rings. The Balaban J connectivity index is 1.30. The van der Waals surface area contributed by atoms with Gasteiger partial charge < -0.3 is 4.90 Å². The molecule has 1 fully saturated rings. The van der Waals surface area contributed by atoms with Gasteiger partial charge in [0.1, 0.15) is 0 Å². The van der Waals surface area contributed by atoms with Crippen molar-refractivity contribution in [3.8, 4) is 0 Å². The molecule has 1 aliphatic heterocycles. The predicted molar refractivity (Wildman–Crippen MR) is 89.4 cm³/mol. The van der Waals surface area contributed by atoms with Crippen LogP contribution < -0.4 is 0 Å². The van der Waals surface area contributed by atoms with Gasteiger partial charge in [-0.15, -0.1) is 11.3 Å².